The van der Waals surface area contributed by atoms with Crippen molar-refractivity contribution in [3.63, 3.8) is 0 Å². The molecule has 0 aromatic heterocycles. The average Bonchev–Trinajstić information content (AvgIpc) is 2.22. The minimum absolute atomic E-state index is 0.206. The number of ether oxygens (including phenoxy) is 1. The van der Waals surface area contributed by atoms with Crippen LogP contribution in [0.4, 0.5) is 19.3 Å². The van der Waals surface area contributed by atoms with Gasteiger partial charge in [0.15, 0.2) is 11.6 Å². The Hall–Kier alpha value is -1.69. The Labute approximate surface area is 84.5 Å². The van der Waals surface area contributed by atoms with Gasteiger partial charge in [0.05, 0.1) is 12.3 Å². The largest absolute Gasteiger partial charge is 0.447 e. The smallest absolute Gasteiger partial charge is 0.411 e. The first kappa shape index (κ1) is 11.4. The topological polar surface area (TPSA) is 58.6 Å². The molecule has 1 rings (SSSR count). The van der Waals surface area contributed by atoms with Gasteiger partial charge < -0.3 is 9.84 Å². The van der Waals surface area contributed by atoms with Gasteiger partial charge in [0.1, 0.15) is 6.61 Å². The molecule has 6 heteroatoms. The van der Waals surface area contributed by atoms with Gasteiger partial charge in [0, 0.05) is 0 Å². The molecular weight excluding hydrogens is 208 g/mol. The fourth-order valence-electron chi connectivity index (χ4n) is 0.885. The summed E-state index contributed by atoms with van der Waals surface area (Å²) in [6.45, 7) is -0.540. The number of aliphatic hydroxyl groups excluding tert-OH is 1. The van der Waals surface area contributed by atoms with Crippen LogP contribution in [0.2, 0.25) is 0 Å². The van der Waals surface area contributed by atoms with Crippen molar-refractivity contribution in [3.8, 4) is 0 Å². The number of benzene rings is 1. The number of halogens is 2. The van der Waals surface area contributed by atoms with Gasteiger partial charge in [-0.3, -0.25) is 5.32 Å². The molecule has 0 unspecified atom stereocenters. The van der Waals surface area contributed by atoms with E-state index in [2.05, 4.69) is 4.74 Å². The SMILES string of the molecule is O=C(Nc1cccc(F)c1F)OCCO. The molecule has 0 aliphatic rings. The molecule has 1 aromatic rings. The summed E-state index contributed by atoms with van der Waals surface area (Å²) in [4.78, 5) is 10.9. The first-order valence-electron chi connectivity index (χ1n) is 4.14. The number of aliphatic hydroxyl groups is 1. The second kappa shape index (κ2) is 5.26. The first-order valence-corrected chi connectivity index (χ1v) is 4.14. The van der Waals surface area contributed by atoms with Crippen molar-refractivity contribution in [2.45, 2.75) is 0 Å². The van der Waals surface area contributed by atoms with E-state index in [-0.39, 0.29) is 18.9 Å². The van der Waals surface area contributed by atoms with E-state index in [1.807, 2.05) is 5.32 Å². The van der Waals surface area contributed by atoms with Crippen LogP contribution in [0, 0.1) is 11.6 Å². The van der Waals surface area contributed by atoms with Crippen LogP contribution in [0.25, 0.3) is 0 Å². The zero-order valence-corrected chi connectivity index (χ0v) is 7.67. The number of hydrogen-bond acceptors (Lipinski definition) is 3. The van der Waals surface area contributed by atoms with Gasteiger partial charge in [0.2, 0.25) is 0 Å². The van der Waals surface area contributed by atoms with Gasteiger partial charge >= 0.3 is 6.09 Å². The van der Waals surface area contributed by atoms with E-state index in [0.29, 0.717) is 0 Å². The lowest BCUT2D eigenvalue weighted by Gasteiger charge is -2.06. The number of rotatable bonds is 3. The maximum atomic E-state index is 13.0. The highest BCUT2D eigenvalue weighted by atomic mass is 19.2. The predicted molar refractivity (Wildman–Crippen MR) is 48.4 cm³/mol. The summed E-state index contributed by atoms with van der Waals surface area (Å²) in [5.74, 6) is -2.21. The molecule has 0 saturated carbocycles. The van der Waals surface area contributed by atoms with Gasteiger partial charge in [-0.05, 0) is 12.1 Å². The summed E-state index contributed by atoms with van der Waals surface area (Å²) >= 11 is 0. The zero-order chi connectivity index (χ0) is 11.3. The molecule has 0 radical (unpaired) electrons. The maximum absolute atomic E-state index is 13.0. The number of carbonyl (C=O) groups is 1. The Bertz CT molecular complexity index is 357. The molecule has 0 spiro atoms. The fraction of sp³-hybridized carbons (Fsp3) is 0.222. The predicted octanol–water partition coefficient (Wildman–Crippen LogP) is 1.51. The molecule has 0 aliphatic carbocycles. The number of anilines is 1. The molecule has 4 nitrogen and oxygen atoms in total. The summed E-state index contributed by atoms with van der Waals surface area (Å²) in [5, 5.41) is 10.3. The highest BCUT2D eigenvalue weighted by molar-refractivity contribution is 5.84. The summed E-state index contributed by atoms with van der Waals surface area (Å²) in [5.41, 5.74) is -0.307. The highest BCUT2D eigenvalue weighted by Gasteiger charge is 2.10. The summed E-state index contributed by atoms with van der Waals surface area (Å²) in [7, 11) is 0. The second-order valence-electron chi connectivity index (χ2n) is 2.59. The van der Waals surface area contributed by atoms with Crippen molar-refractivity contribution in [2.75, 3.05) is 18.5 Å². The lowest BCUT2D eigenvalue weighted by Crippen LogP contribution is -2.16. The van der Waals surface area contributed by atoms with Gasteiger partial charge in [0.25, 0.3) is 0 Å². The van der Waals surface area contributed by atoms with E-state index in [9.17, 15) is 13.6 Å². The van der Waals surface area contributed by atoms with E-state index in [4.69, 9.17) is 5.11 Å². The molecule has 82 valence electrons. The normalized spacial score (nSPS) is 9.80. The second-order valence-corrected chi connectivity index (χ2v) is 2.59. The van der Waals surface area contributed by atoms with Crippen molar-refractivity contribution in [1.29, 1.82) is 0 Å². The number of nitrogens with one attached hydrogen (secondary N) is 1. The molecule has 1 amide bonds. The molecule has 2 N–H and O–H groups in total. The third-order valence-corrected chi connectivity index (χ3v) is 1.51. The molecule has 0 bridgehead atoms. The Balaban J connectivity index is 2.64. The molecule has 0 heterocycles. The molecule has 0 aliphatic heterocycles. The van der Waals surface area contributed by atoms with Crippen LogP contribution in [-0.4, -0.2) is 24.4 Å². The number of amides is 1. The zero-order valence-electron chi connectivity index (χ0n) is 7.67. The van der Waals surface area contributed by atoms with Gasteiger partial charge in [-0.2, -0.15) is 0 Å². The minimum atomic E-state index is -1.15. The first-order chi connectivity index (χ1) is 7.15. The number of carbonyl (C=O) groups excluding carboxylic acids is 1. The van der Waals surface area contributed by atoms with Crippen molar-refractivity contribution in [1.82, 2.24) is 0 Å². The summed E-state index contributed by atoms with van der Waals surface area (Å²) in [6.07, 6.45) is -0.950. The van der Waals surface area contributed by atoms with E-state index >= 15 is 0 Å². The Kier molecular flexibility index (Phi) is 3.99. The Morgan fingerprint density at radius 1 is 1.47 bits per heavy atom. The van der Waals surface area contributed by atoms with Crippen LogP contribution >= 0.6 is 0 Å². The van der Waals surface area contributed by atoms with Crippen LogP contribution in [0.3, 0.4) is 0 Å². The van der Waals surface area contributed by atoms with E-state index in [1.165, 1.54) is 12.1 Å². The standard InChI is InChI=1S/C9H9F2NO3/c10-6-2-1-3-7(8(6)11)12-9(14)15-5-4-13/h1-3,13H,4-5H2,(H,12,14). The lowest BCUT2D eigenvalue weighted by molar-refractivity contribution is 0.131. The van der Waals surface area contributed by atoms with E-state index in [1.54, 1.807) is 0 Å². The lowest BCUT2D eigenvalue weighted by atomic mass is 10.3. The quantitative estimate of drug-likeness (QED) is 0.806. The van der Waals surface area contributed by atoms with Crippen LogP contribution in [0.15, 0.2) is 18.2 Å². The van der Waals surface area contributed by atoms with Crippen LogP contribution in [0.5, 0.6) is 0 Å². The third-order valence-electron chi connectivity index (χ3n) is 1.51. The van der Waals surface area contributed by atoms with Crippen molar-refractivity contribution in [3.05, 3.63) is 29.8 Å². The Morgan fingerprint density at radius 3 is 2.87 bits per heavy atom. The van der Waals surface area contributed by atoms with Gasteiger partial charge in [-0.1, -0.05) is 6.07 Å². The van der Waals surface area contributed by atoms with E-state index < -0.39 is 17.7 Å². The average molecular weight is 217 g/mol. The number of hydrogen-bond donors (Lipinski definition) is 2. The molecule has 15 heavy (non-hydrogen) atoms. The highest BCUT2D eigenvalue weighted by Crippen LogP contribution is 2.16. The van der Waals surface area contributed by atoms with Gasteiger partial charge in [-0.25, -0.2) is 13.6 Å². The monoisotopic (exact) mass is 217 g/mol. The maximum Gasteiger partial charge on any atom is 0.411 e. The summed E-state index contributed by atoms with van der Waals surface area (Å²) in [6, 6.07) is 3.37. The van der Waals surface area contributed by atoms with Crippen molar-refractivity contribution >= 4 is 11.8 Å². The van der Waals surface area contributed by atoms with Crippen molar-refractivity contribution < 1.29 is 23.4 Å². The van der Waals surface area contributed by atoms with Crippen LogP contribution in [-0.2, 0) is 4.74 Å². The molecular formula is C9H9F2NO3. The van der Waals surface area contributed by atoms with Crippen molar-refractivity contribution in [2.24, 2.45) is 0 Å². The molecule has 0 atom stereocenters. The van der Waals surface area contributed by atoms with Crippen LogP contribution < -0.4 is 5.32 Å². The van der Waals surface area contributed by atoms with E-state index in [0.717, 1.165) is 6.07 Å². The van der Waals surface area contributed by atoms with Crippen LogP contribution in [0.1, 0.15) is 0 Å². The Morgan fingerprint density at radius 2 is 2.20 bits per heavy atom. The third kappa shape index (κ3) is 3.17. The fourth-order valence-corrected chi connectivity index (χ4v) is 0.885. The van der Waals surface area contributed by atoms with Gasteiger partial charge in [-0.15, -0.1) is 0 Å². The minimum Gasteiger partial charge on any atom is -0.447 e. The molecule has 1 aromatic carbocycles. The molecule has 0 saturated heterocycles. The summed E-state index contributed by atoms with van der Waals surface area (Å²) < 4.78 is 30.1. The molecule has 0 fully saturated rings.